The number of fused-ring (bicyclic) bond motifs is 2. The minimum atomic E-state index is -0.469. The van der Waals surface area contributed by atoms with Crippen molar-refractivity contribution in [2.75, 3.05) is 13.2 Å². The number of hydrogen-bond donors (Lipinski definition) is 0. The maximum atomic E-state index is 12.2. The number of amides is 2. The van der Waals surface area contributed by atoms with Crippen LogP contribution in [0, 0.1) is 23.7 Å². The van der Waals surface area contributed by atoms with Gasteiger partial charge in [0.25, 0.3) is 0 Å². The number of cyclic esters (lactones) is 1. The molecule has 0 aromatic carbocycles. The average Bonchev–Trinajstić information content (AvgIpc) is 2.92. The minimum Gasteiger partial charge on any atom is -0.447 e. The maximum Gasteiger partial charge on any atom is 0.416 e. The Morgan fingerprint density at radius 2 is 2.19 bits per heavy atom. The van der Waals surface area contributed by atoms with Crippen LogP contribution in [0.3, 0.4) is 0 Å². The first-order valence-corrected chi connectivity index (χ1v) is 5.85. The molecule has 4 nitrogen and oxygen atoms in total. The lowest BCUT2D eigenvalue weighted by atomic mass is 9.83. The first-order chi connectivity index (χ1) is 7.68. The van der Waals surface area contributed by atoms with Crippen LogP contribution in [-0.4, -0.2) is 30.1 Å². The summed E-state index contributed by atoms with van der Waals surface area (Å²) in [6.07, 6.45) is 4.94. The molecule has 0 spiro atoms. The highest BCUT2D eigenvalue weighted by atomic mass is 16.6. The van der Waals surface area contributed by atoms with Crippen molar-refractivity contribution in [1.82, 2.24) is 4.90 Å². The van der Waals surface area contributed by atoms with Crippen LogP contribution < -0.4 is 0 Å². The monoisotopic (exact) mass is 221 g/mol. The van der Waals surface area contributed by atoms with Gasteiger partial charge in [-0.15, -0.1) is 0 Å². The lowest BCUT2D eigenvalue weighted by molar-refractivity contribution is -0.134. The summed E-state index contributed by atoms with van der Waals surface area (Å²) in [7, 11) is 0. The molecule has 16 heavy (non-hydrogen) atoms. The number of allylic oxidation sites excluding steroid dienone is 2. The summed E-state index contributed by atoms with van der Waals surface area (Å²) < 4.78 is 4.81. The Morgan fingerprint density at radius 1 is 1.44 bits per heavy atom. The molecule has 0 N–H and O–H groups in total. The Balaban J connectivity index is 1.81. The zero-order chi connectivity index (χ0) is 11.3. The van der Waals surface area contributed by atoms with Gasteiger partial charge in [0.15, 0.2) is 0 Å². The Kier molecular flexibility index (Phi) is 2.06. The van der Waals surface area contributed by atoms with Crippen LogP contribution in [0.5, 0.6) is 0 Å². The number of ether oxygens (including phenoxy) is 1. The van der Waals surface area contributed by atoms with E-state index in [9.17, 15) is 9.59 Å². The summed E-state index contributed by atoms with van der Waals surface area (Å²) in [5.41, 5.74) is 0. The van der Waals surface area contributed by atoms with Crippen molar-refractivity contribution in [3.05, 3.63) is 12.2 Å². The topological polar surface area (TPSA) is 46.6 Å². The quantitative estimate of drug-likeness (QED) is 0.629. The van der Waals surface area contributed by atoms with Crippen LogP contribution in [0.2, 0.25) is 0 Å². The predicted octanol–water partition coefficient (Wildman–Crippen LogP) is 1.42. The van der Waals surface area contributed by atoms with Gasteiger partial charge in [0.05, 0.1) is 6.54 Å². The molecule has 4 atom stereocenters. The average molecular weight is 221 g/mol. The Hall–Kier alpha value is -1.32. The molecule has 3 aliphatic rings. The summed E-state index contributed by atoms with van der Waals surface area (Å²) in [5, 5.41) is 0. The Bertz CT molecular complexity index is 376. The van der Waals surface area contributed by atoms with Gasteiger partial charge in [0, 0.05) is 5.92 Å². The summed E-state index contributed by atoms with van der Waals surface area (Å²) in [6.45, 7) is 2.87. The number of nitrogens with zero attached hydrogens (tertiary/aromatic N) is 1. The largest absolute Gasteiger partial charge is 0.447 e. The molecule has 1 heterocycles. The molecular formula is C12H15NO3. The van der Waals surface area contributed by atoms with Crippen molar-refractivity contribution in [2.24, 2.45) is 23.7 Å². The van der Waals surface area contributed by atoms with Crippen molar-refractivity contribution >= 4 is 12.0 Å². The van der Waals surface area contributed by atoms with E-state index in [-0.39, 0.29) is 11.8 Å². The highest BCUT2D eigenvalue weighted by molar-refractivity contribution is 5.94. The first kappa shape index (κ1) is 9.87. The fraction of sp³-hybridized carbons (Fsp3) is 0.667. The van der Waals surface area contributed by atoms with Gasteiger partial charge in [0.1, 0.15) is 6.61 Å². The van der Waals surface area contributed by atoms with Crippen LogP contribution in [0.4, 0.5) is 4.79 Å². The van der Waals surface area contributed by atoms with E-state index in [1.54, 1.807) is 0 Å². The van der Waals surface area contributed by atoms with E-state index in [1.165, 1.54) is 4.90 Å². The standard InChI is InChI=1S/C12H15NO3/c1-7-8-2-3-9(6-8)10(7)11(14)13-4-5-16-12(13)15/h2-3,7-10H,4-6H2,1H3/t7-,8?,9?,10+/m1/s1. The highest BCUT2D eigenvalue weighted by Crippen LogP contribution is 2.48. The van der Waals surface area contributed by atoms with E-state index in [2.05, 4.69) is 19.1 Å². The highest BCUT2D eigenvalue weighted by Gasteiger charge is 2.48. The van der Waals surface area contributed by atoms with Crippen molar-refractivity contribution in [2.45, 2.75) is 13.3 Å². The Labute approximate surface area is 94.2 Å². The normalized spacial score (nSPS) is 40.6. The molecule has 2 aliphatic carbocycles. The van der Waals surface area contributed by atoms with E-state index in [0.29, 0.717) is 30.9 Å². The maximum absolute atomic E-state index is 12.2. The van der Waals surface area contributed by atoms with Gasteiger partial charge in [-0.3, -0.25) is 4.79 Å². The molecule has 2 fully saturated rings. The molecule has 0 aromatic rings. The lowest BCUT2D eigenvalue weighted by Crippen LogP contribution is -2.40. The Morgan fingerprint density at radius 3 is 2.75 bits per heavy atom. The van der Waals surface area contributed by atoms with Gasteiger partial charge in [-0.1, -0.05) is 19.1 Å². The van der Waals surface area contributed by atoms with Gasteiger partial charge in [0.2, 0.25) is 5.91 Å². The molecule has 2 bridgehead atoms. The molecule has 0 aromatic heterocycles. The van der Waals surface area contributed by atoms with E-state index >= 15 is 0 Å². The summed E-state index contributed by atoms with van der Waals surface area (Å²) >= 11 is 0. The summed E-state index contributed by atoms with van der Waals surface area (Å²) in [5.74, 6) is 1.17. The lowest BCUT2D eigenvalue weighted by Gasteiger charge is -2.26. The summed E-state index contributed by atoms with van der Waals surface area (Å²) in [4.78, 5) is 24.9. The van der Waals surface area contributed by atoms with Gasteiger partial charge in [-0.05, 0) is 24.2 Å². The fourth-order valence-corrected chi connectivity index (χ4v) is 3.25. The second-order valence-corrected chi connectivity index (χ2v) is 4.94. The second-order valence-electron chi connectivity index (χ2n) is 4.94. The van der Waals surface area contributed by atoms with Crippen molar-refractivity contribution < 1.29 is 14.3 Å². The molecule has 4 heteroatoms. The zero-order valence-electron chi connectivity index (χ0n) is 9.26. The van der Waals surface area contributed by atoms with E-state index in [4.69, 9.17) is 4.74 Å². The third-order valence-electron chi connectivity index (χ3n) is 4.16. The molecule has 0 radical (unpaired) electrons. The molecule has 1 aliphatic heterocycles. The van der Waals surface area contributed by atoms with E-state index < -0.39 is 6.09 Å². The molecule has 1 saturated carbocycles. The van der Waals surface area contributed by atoms with Gasteiger partial charge in [-0.2, -0.15) is 0 Å². The first-order valence-electron chi connectivity index (χ1n) is 5.85. The molecular weight excluding hydrogens is 206 g/mol. The number of rotatable bonds is 1. The molecule has 2 amide bonds. The fourth-order valence-electron chi connectivity index (χ4n) is 3.25. The van der Waals surface area contributed by atoms with E-state index in [0.717, 1.165) is 6.42 Å². The van der Waals surface area contributed by atoms with Crippen molar-refractivity contribution in [3.63, 3.8) is 0 Å². The summed E-state index contributed by atoms with van der Waals surface area (Å²) in [6, 6.07) is 0. The van der Waals surface area contributed by atoms with E-state index in [1.807, 2.05) is 0 Å². The zero-order valence-corrected chi connectivity index (χ0v) is 9.26. The SMILES string of the molecule is C[C@@H]1C2C=CC(C2)[C@H]1C(=O)N1CCOC1=O. The van der Waals surface area contributed by atoms with Crippen molar-refractivity contribution in [3.8, 4) is 0 Å². The van der Waals surface area contributed by atoms with Crippen molar-refractivity contribution in [1.29, 1.82) is 0 Å². The number of imide groups is 1. The second kappa shape index (κ2) is 3.34. The van der Waals surface area contributed by atoms with Crippen LogP contribution in [0.15, 0.2) is 12.2 Å². The van der Waals surface area contributed by atoms with Crippen LogP contribution in [0.25, 0.3) is 0 Å². The molecule has 2 unspecified atom stereocenters. The van der Waals surface area contributed by atoms with Crippen LogP contribution in [0.1, 0.15) is 13.3 Å². The predicted molar refractivity (Wildman–Crippen MR) is 56.5 cm³/mol. The number of hydrogen-bond acceptors (Lipinski definition) is 3. The minimum absolute atomic E-state index is 0.0133. The van der Waals surface area contributed by atoms with Crippen LogP contribution in [-0.2, 0) is 9.53 Å². The molecule has 3 rings (SSSR count). The third-order valence-corrected chi connectivity index (χ3v) is 4.16. The third kappa shape index (κ3) is 1.22. The van der Waals surface area contributed by atoms with Gasteiger partial charge < -0.3 is 4.74 Å². The van der Waals surface area contributed by atoms with Crippen LogP contribution >= 0.6 is 0 Å². The van der Waals surface area contributed by atoms with Gasteiger partial charge >= 0.3 is 6.09 Å². The number of carbonyl (C=O) groups is 2. The smallest absolute Gasteiger partial charge is 0.416 e. The molecule has 86 valence electrons. The van der Waals surface area contributed by atoms with Gasteiger partial charge in [-0.25, -0.2) is 9.69 Å². The number of carbonyl (C=O) groups excluding carboxylic acids is 2. The molecule has 1 saturated heterocycles.